The molecule has 0 radical (unpaired) electrons. The molecule has 0 unspecified atom stereocenters. The molecule has 98 valence electrons. The lowest BCUT2D eigenvalue weighted by molar-refractivity contribution is -0.115. The average Bonchev–Trinajstić information content (AvgIpc) is 2.34. The number of hydrogen-bond donors (Lipinski definition) is 2. The molecule has 3 N–H and O–H groups in total. The van der Waals surface area contributed by atoms with E-state index >= 15 is 0 Å². The molecule has 0 saturated carbocycles. The van der Waals surface area contributed by atoms with Gasteiger partial charge >= 0.3 is 0 Å². The highest BCUT2D eigenvalue weighted by atomic mass is 35.5. The van der Waals surface area contributed by atoms with Crippen LogP contribution in [-0.4, -0.2) is 5.91 Å². The van der Waals surface area contributed by atoms with Crippen LogP contribution in [0.1, 0.15) is 5.56 Å². The van der Waals surface area contributed by atoms with Crippen molar-refractivity contribution < 1.29 is 4.79 Å². The van der Waals surface area contributed by atoms with E-state index in [1.54, 1.807) is 42.5 Å². The Morgan fingerprint density at radius 2 is 1.89 bits per heavy atom. The number of hydrogen-bond acceptors (Lipinski definition) is 2. The summed E-state index contributed by atoms with van der Waals surface area (Å²) in [4.78, 5) is 11.9. The van der Waals surface area contributed by atoms with Crippen molar-refractivity contribution in [1.82, 2.24) is 0 Å². The number of carbonyl (C=O) groups is 1. The Hall–Kier alpha value is -1.71. The lowest BCUT2D eigenvalue weighted by atomic mass is 10.1. The molecular weight excluding hydrogens is 283 g/mol. The summed E-state index contributed by atoms with van der Waals surface area (Å²) >= 11 is 11.7. The third-order valence-electron chi connectivity index (χ3n) is 2.52. The van der Waals surface area contributed by atoms with Crippen LogP contribution in [0.15, 0.2) is 42.5 Å². The predicted octanol–water partition coefficient (Wildman–Crippen LogP) is 3.76. The van der Waals surface area contributed by atoms with Crippen LogP contribution in [0.25, 0.3) is 0 Å². The minimum absolute atomic E-state index is 0.135. The Morgan fingerprint density at radius 1 is 1.11 bits per heavy atom. The average molecular weight is 295 g/mol. The second kappa shape index (κ2) is 5.95. The maximum Gasteiger partial charge on any atom is 0.228 e. The van der Waals surface area contributed by atoms with Crippen molar-refractivity contribution in [2.45, 2.75) is 6.42 Å². The van der Waals surface area contributed by atoms with Crippen LogP contribution in [0, 0.1) is 0 Å². The highest BCUT2D eigenvalue weighted by Crippen LogP contribution is 2.23. The fourth-order valence-corrected chi connectivity index (χ4v) is 1.98. The number of rotatable bonds is 3. The highest BCUT2D eigenvalue weighted by molar-refractivity contribution is 6.42. The zero-order valence-electron chi connectivity index (χ0n) is 9.99. The maximum absolute atomic E-state index is 11.9. The molecule has 5 heteroatoms. The van der Waals surface area contributed by atoms with Gasteiger partial charge in [0, 0.05) is 11.4 Å². The molecule has 0 saturated heterocycles. The third kappa shape index (κ3) is 3.88. The van der Waals surface area contributed by atoms with Crippen molar-refractivity contribution in [3.63, 3.8) is 0 Å². The van der Waals surface area contributed by atoms with Gasteiger partial charge in [0.2, 0.25) is 5.91 Å². The lowest BCUT2D eigenvalue weighted by Gasteiger charge is -2.06. The number of nitrogen functional groups attached to an aromatic ring is 1. The molecule has 2 aromatic carbocycles. The molecular formula is C14H12Cl2N2O. The Morgan fingerprint density at radius 3 is 2.58 bits per heavy atom. The van der Waals surface area contributed by atoms with Crippen LogP contribution < -0.4 is 11.1 Å². The summed E-state index contributed by atoms with van der Waals surface area (Å²) in [5.74, 6) is -0.135. The number of nitrogens with one attached hydrogen (secondary N) is 1. The summed E-state index contributed by atoms with van der Waals surface area (Å²) in [5.41, 5.74) is 7.72. The number of halogens is 2. The summed E-state index contributed by atoms with van der Waals surface area (Å²) in [6.07, 6.45) is 0.228. The van der Waals surface area contributed by atoms with Gasteiger partial charge in [-0.25, -0.2) is 0 Å². The van der Waals surface area contributed by atoms with E-state index in [9.17, 15) is 4.79 Å². The van der Waals surface area contributed by atoms with Crippen LogP contribution in [0.5, 0.6) is 0 Å². The van der Waals surface area contributed by atoms with E-state index in [-0.39, 0.29) is 12.3 Å². The van der Waals surface area contributed by atoms with E-state index in [2.05, 4.69) is 5.32 Å². The fourth-order valence-electron chi connectivity index (χ4n) is 1.66. The second-order valence-corrected chi connectivity index (χ2v) is 4.91. The Balaban J connectivity index is 2.03. The smallest absolute Gasteiger partial charge is 0.228 e. The van der Waals surface area contributed by atoms with Gasteiger partial charge in [-0.3, -0.25) is 4.79 Å². The maximum atomic E-state index is 11.9. The van der Waals surface area contributed by atoms with Gasteiger partial charge in [-0.15, -0.1) is 0 Å². The molecule has 0 fully saturated rings. The lowest BCUT2D eigenvalue weighted by Crippen LogP contribution is -2.14. The molecule has 0 spiro atoms. The molecule has 3 nitrogen and oxygen atoms in total. The quantitative estimate of drug-likeness (QED) is 0.847. The number of anilines is 2. The first-order valence-corrected chi connectivity index (χ1v) is 6.39. The summed E-state index contributed by atoms with van der Waals surface area (Å²) in [6, 6.07) is 12.2. The Labute approximate surface area is 121 Å². The number of amides is 1. The molecule has 0 aliphatic heterocycles. The number of carbonyl (C=O) groups excluding carboxylic acids is 1. The molecule has 0 bridgehead atoms. The van der Waals surface area contributed by atoms with Gasteiger partial charge in [0.15, 0.2) is 0 Å². The van der Waals surface area contributed by atoms with Gasteiger partial charge in [0.25, 0.3) is 0 Å². The predicted molar refractivity (Wildman–Crippen MR) is 79.7 cm³/mol. The van der Waals surface area contributed by atoms with E-state index in [0.29, 0.717) is 21.4 Å². The molecule has 0 aliphatic carbocycles. The first kappa shape index (κ1) is 13.7. The van der Waals surface area contributed by atoms with Crippen LogP contribution in [0.2, 0.25) is 10.0 Å². The molecule has 0 aliphatic rings. The molecule has 0 atom stereocenters. The highest BCUT2D eigenvalue weighted by Gasteiger charge is 2.06. The zero-order chi connectivity index (χ0) is 13.8. The fraction of sp³-hybridized carbons (Fsp3) is 0.0714. The van der Waals surface area contributed by atoms with Crippen molar-refractivity contribution in [2.75, 3.05) is 11.1 Å². The second-order valence-electron chi connectivity index (χ2n) is 4.10. The molecule has 0 heterocycles. The van der Waals surface area contributed by atoms with Crippen LogP contribution in [0.3, 0.4) is 0 Å². The molecule has 1 amide bonds. The van der Waals surface area contributed by atoms with E-state index in [1.807, 2.05) is 0 Å². The standard InChI is InChI=1S/C14H12Cl2N2O/c15-12-5-4-9(6-13(12)16)7-14(19)18-11-3-1-2-10(17)8-11/h1-6,8H,7,17H2,(H,18,19). The minimum Gasteiger partial charge on any atom is -0.399 e. The van der Waals surface area contributed by atoms with E-state index in [0.717, 1.165) is 5.56 Å². The normalized spacial score (nSPS) is 10.2. The number of nitrogens with two attached hydrogens (primary N) is 1. The summed E-state index contributed by atoms with van der Waals surface area (Å²) in [6.45, 7) is 0. The summed E-state index contributed by atoms with van der Waals surface area (Å²) < 4.78 is 0. The van der Waals surface area contributed by atoms with Crippen molar-refractivity contribution in [2.24, 2.45) is 0 Å². The van der Waals surface area contributed by atoms with Gasteiger partial charge in [0.05, 0.1) is 16.5 Å². The van der Waals surface area contributed by atoms with E-state index < -0.39 is 0 Å². The summed E-state index contributed by atoms with van der Waals surface area (Å²) in [5, 5.41) is 3.68. The Kier molecular flexibility index (Phi) is 4.30. The largest absolute Gasteiger partial charge is 0.399 e. The SMILES string of the molecule is Nc1cccc(NC(=O)Cc2ccc(Cl)c(Cl)c2)c1. The molecule has 2 rings (SSSR count). The van der Waals surface area contributed by atoms with Crippen LogP contribution in [0.4, 0.5) is 11.4 Å². The monoisotopic (exact) mass is 294 g/mol. The van der Waals surface area contributed by atoms with Gasteiger partial charge in [-0.1, -0.05) is 35.3 Å². The van der Waals surface area contributed by atoms with Crippen molar-refractivity contribution >= 4 is 40.5 Å². The topological polar surface area (TPSA) is 55.1 Å². The first-order valence-electron chi connectivity index (χ1n) is 5.64. The van der Waals surface area contributed by atoms with Crippen LogP contribution in [-0.2, 0) is 11.2 Å². The van der Waals surface area contributed by atoms with E-state index in [1.165, 1.54) is 0 Å². The van der Waals surface area contributed by atoms with E-state index in [4.69, 9.17) is 28.9 Å². The summed E-state index contributed by atoms with van der Waals surface area (Å²) in [7, 11) is 0. The molecule has 19 heavy (non-hydrogen) atoms. The van der Waals surface area contributed by atoms with Crippen molar-refractivity contribution in [1.29, 1.82) is 0 Å². The molecule has 2 aromatic rings. The van der Waals surface area contributed by atoms with Crippen LogP contribution >= 0.6 is 23.2 Å². The van der Waals surface area contributed by atoms with Gasteiger partial charge in [0.1, 0.15) is 0 Å². The zero-order valence-corrected chi connectivity index (χ0v) is 11.5. The Bertz CT molecular complexity index is 614. The van der Waals surface area contributed by atoms with Gasteiger partial charge in [-0.05, 0) is 35.9 Å². The van der Waals surface area contributed by atoms with Gasteiger partial charge < -0.3 is 11.1 Å². The van der Waals surface area contributed by atoms with Gasteiger partial charge in [-0.2, -0.15) is 0 Å². The first-order chi connectivity index (χ1) is 9.04. The molecule has 0 aromatic heterocycles. The van der Waals surface area contributed by atoms with Crippen molar-refractivity contribution in [3.8, 4) is 0 Å². The number of benzene rings is 2. The third-order valence-corrected chi connectivity index (χ3v) is 3.26. The minimum atomic E-state index is -0.135. The van der Waals surface area contributed by atoms with Crippen molar-refractivity contribution in [3.05, 3.63) is 58.1 Å².